The summed E-state index contributed by atoms with van der Waals surface area (Å²) in [4.78, 5) is 9.39. The molecule has 2 aromatic carbocycles. The van der Waals surface area contributed by atoms with Crippen molar-refractivity contribution in [2.75, 3.05) is 13.1 Å². The van der Waals surface area contributed by atoms with Crippen molar-refractivity contribution < 1.29 is 15.3 Å². The van der Waals surface area contributed by atoms with Crippen LogP contribution in [0.3, 0.4) is 0 Å². The molecular formula is C38H59AlN2O3. The molecule has 5 nitrogen and oxygen atoms in total. The van der Waals surface area contributed by atoms with Gasteiger partial charge >= 0.3 is 17.4 Å². The van der Waals surface area contributed by atoms with Gasteiger partial charge in [-0.05, 0) is 55.0 Å². The fraction of sp³-hybridized carbons (Fsp3) is 0.632. The zero-order chi connectivity index (χ0) is 33.8. The van der Waals surface area contributed by atoms with Crippen LogP contribution in [0.5, 0.6) is 11.5 Å². The molecule has 0 heterocycles. The third-order valence-corrected chi connectivity index (χ3v) is 7.08. The molecule has 2 aromatic rings. The number of benzene rings is 2. The smallest absolute Gasteiger partial charge is 0.872 e. The Morgan fingerprint density at radius 1 is 0.568 bits per heavy atom. The zero-order valence-corrected chi connectivity index (χ0v) is 31.8. The van der Waals surface area contributed by atoms with E-state index in [0.29, 0.717) is 24.2 Å². The first-order valence-corrected chi connectivity index (χ1v) is 15.5. The van der Waals surface area contributed by atoms with E-state index in [0.717, 1.165) is 22.3 Å². The van der Waals surface area contributed by atoms with Gasteiger partial charge in [0.1, 0.15) is 0 Å². The fourth-order valence-corrected chi connectivity index (χ4v) is 4.31. The maximum Gasteiger partial charge on any atom is 3.00 e. The first kappa shape index (κ1) is 41.9. The van der Waals surface area contributed by atoms with E-state index >= 15 is 0 Å². The van der Waals surface area contributed by atoms with Gasteiger partial charge < -0.3 is 15.3 Å². The number of hydrogen-bond acceptors (Lipinski definition) is 5. The topological polar surface area (TPSA) is 93.9 Å². The van der Waals surface area contributed by atoms with E-state index in [9.17, 15) is 15.3 Å². The van der Waals surface area contributed by atoms with Crippen molar-refractivity contribution in [2.24, 2.45) is 15.4 Å². The Bertz CT molecular complexity index is 1180. The predicted octanol–water partition coefficient (Wildman–Crippen LogP) is 6.96. The van der Waals surface area contributed by atoms with Crippen LogP contribution >= 0.6 is 0 Å². The van der Waals surface area contributed by atoms with Crippen LogP contribution in [0, 0.1) is 5.41 Å². The Kier molecular flexibility index (Phi) is 14.7. The van der Waals surface area contributed by atoms with Crippen LogP contribution in [-0.2, 0) is 21.7 Å². The summed E-state index contributed by atoms with van der Waals surface area (Å²) in [6.07, 6.45) is 3.05. The minimum absolute atomic E-state index is 0. The molecule has 0 saturated carbocycles. The second-order valence-electron chi connectivity index (χ2n) is 17.0. The average molecular weight is 619 g/mol. The van der Waals surface area contributed by atoms with Gasteiger partial charge in [0.25, 0.3) is 0 Å². The van der Waals surface area contributed by atoms with E-state index in [1.165, 1.54) is 0 Å². The monoisotopic (exact) mass is 618 g/mol. The number of rotatable bonds is 6. The van der Waals surface area contributed by atoms with Crippen LogP contribution in [0.1, 0.15) is 144 Å². The van der Waals surface area contributed by atoms with Crippen LogP contribution in [0.15, 0.2) is 34.3 Å². The third-order valence-electron chi connectivity index (χ3n) is 7.08. The molecule has 242 valence electrons. The van der Waals surface area contributed by atoms with Gasteiger partial charge in [-0.15, -0.1) is 6.10 Å². The molecular weight excluding hydrogens is 559 g/mol. The van der Waals surface area contributed by atoms with E-state index < -0.39 is 6.10 Å². The van der Waals surface area contributed by atoms with Crippen molar-refractivity contribution in [3.8, 4) is 11.5 Å². The normalized spacial score (nSPS) is 13.3. The van der Waals surface area contributed by atoms with Gasteiger partial charge in [0.15, 0.2) is 0 Å². The molecule has 6 heteroatoms. The first-order chi connectivity index (χ1) is 19.2. The zero-order valence-electron chi connectivity index (χ0n) is 30.7. The molecule has 0 atom stereocenters. The Morgan fingerprint density at radius 3 is 1.07 bits per heavy atom. The van der Waals surface area contributed by atoms with Crippen LogP contribution < -0.4 is 15.3 Å². The third kappa shape index (κ3) is 13.1. The summed E-state index contributed by atoms with van der Waals surface area (Å²) >= 11 is 0. The van der Waals surface area contributed by atoms with Crippen molar-refractivity contribution in [1.29, 1.82) is 0 Å². The number of aliphatic imine (C=N–C) groups is 2. The van der Waals surface area contributed by atoms with E-state index in [2.05, 4.69) is 109 Å². The quantitative estimate of drug-likeness (QED) is 0.259. The van der Waals surface area contributed by atoms with E-state index in [1.807, 2.05) is 12.1 Å². The molecule has 0 radical (unpaired) electrons. The molecule has 44 heavy (non-hydrogen) atoms. The van der Waals surface area contributed by atoms with Gasteiger partial charge in [-0.2, -0.15) is 0 Å². The molecule has 0 unspecified atom stereocenters. The Morgan fingerprint density at radius 2 is 0.841 bits per heavy atom. The molecule has 0 aliphatic carbocycles. The standard InChI is InChI=1S/C35H54N2O2.C3H7O.Al/c1-31(2,3)25-15-23(29(38)27(17-25)33(7,8)9)19-36-21-35(13,14)22-37-20-24-16-26(32(4,5)6)18-28(30(24)39)34(10,11)12;1-3(2)4;/h15-20,38-39H,21-22H2,1-14H3;3H,1-2H3;/q;-1;+3/p-2. The summed E-state index contributed by atoms with van der Waals surface area (Å²) < 4.78 is 0. The van der Waals surface area contributed by atoms with Gasteiger partial charge in [0.05, 0.1) is 0 Å². The molecule has 0 amide bonds. The summed E-state index contributed by atoms with van der Waals surface area (Å²) in [5.74, 6) is 0.0952. The second kappa shape index (κ2) is 15.4. The molecule has 0 aliphatic heterocycles. The largest absolute Gasteiger partial charge is 3.00 e. The summed E-state index contributed by atoms with van der Waals surface area (Å²) in [5, 5.41) is 36.1. The molecule has 0 bridgehead atoms. The Labute approximate surface area is 280 Å². The van der Waals surface area contributed by atoms with Crippen LogP contribution in [0.25, 0.3) is 0 Å². The van der Waals surface area contributed by atoms with Crippen molar-refractivity contribution >= 4 is 29.8 Å². The Balaban J connectivity index is 0.00000347. The van der Waals surface area contributed by atoms with Gasteiger partial charge in [0, 0.05) is 30.9 Å². The molecule has 0 fully saturated rings. The summed E-state index contributed by atoms with van der Waals surface area (Å²) in [7, 11) is 0. The molecule has 0 aliphatic rings. The molecule has 2 rings (SSSR count). The average Bonchev–Trinajstić information content (AvgIpc) is 2.77. The minimum Gasteiger partial charge on any atom is -0.872 e. The SMILES string of the molecule is CC(C)(CN=Cc1cc(C(C)(C)C)cc(C(C)(C)C)c1[O-])CN=Cc1cc(C(C)(C)C)cc(C(C)(C)C)c1[O-].CC(C)[O-].[Al+3]. The minimum atomic E-state index is -0.417. The first-order valence-electron chi connectivity index (χ1n) is 15.5. The van der Waals surface area contributed by atoms with E-state index in [-0.39, 0.29) is 55.9 Å². The van der Waals surface area contributed by atoms with Crippen LogP contribution in [0.4, 0.5) is 0 Å². The predicted molar refractivity (Wildman–Crippen MR) is 186 cm³/mol. The van der Waals surface area contributed by atoms with Crippen molar-refractivity contribution in [2.45, 2.75) is 139 Å². The summed E-state index contributed by atoms with van der Waals surface area (Å²) in [6, 6.07) is 8.08. The van der Waals surface area contributed by atoms with E-state index in [4.69, 9.17) is 9.98 Å². The van der Waals surface area contributed by atoms with Crippen LogP contribution in [-0.4, -0.2) is 49.0 Å². The molecule has 0 spiro atoms. The number of hydrogen-bond donors (Lipinski definition) is 0. The fourth-order valence-electron chi connectivity index (χ4n) is 4.31. The van der Waals surface area contributed by atoms with Crippen molar-refractivity contribution in [3.05, 3.63) is 57.6 Å². The Hall–Kier alpha value is -2.13. The summed E-state index contributed by atoms with van der Waals surface area (Å²) in [5.41, 5.74) is 4.33. The maximum absolute atomic E-state index is 13.3. The van der Waals surface area contributed by atoms with Gasteiger partial charge in [-0.1, -0.05) is 147 Å². The van der Waals surface area contributed by atoms with Crippen molar-refractivity contribution in [3.63, 3.8) is 0 Å². The van der Waals surface area contributed by atoms with Gasteiger partial charge in [-0.3, -0.25) is 9.98 Å². The van der Waals surface area contributed by atoms with Crippen molar-refractivity contribution in [1.82, 2.24) is 0 Å². The van der Waals surface area contributed by atoms with Gasteiger partial charge in [-0.25, -0.2) is 0 Å². The summed E-state index contributed by atoms with van der Waals surface area (Å²) in [6.45, 7) is 33.9. The van der Waals surface area contributed by atoms with Gasteiger partial charge in [0.2, 0.25) is 0 Å². The van der Waals surface area contributed by atoms with Crippen LogP contribution in [0.2, 0.25) is 0 Å². The molecule has 0 N–H and O–H groups in total. The molecule has 0 aromatic heterocycles. The number of nitrogens with zero attached hydrogens (tertiary/aromatic N) is 2. The second-order valence-corrected chi connectivity index (χ2v) is 17.0. The van der Waals surface area contributed by atoms with E-state index in [1.54, 1.807) is 26.3 Å². The molecule has 0 saturated heterocycles. The maximum atomic E-state index is 13.3.